The fourth-order valence-corrected chi connectivity index (χ4v) is 1.50. The van der Waals surface area contributed by atoms with E-state index in [1.165, 1.54) is 12.8 Å². The Hall–Kier alpha value is -0.320. The van der Waals surface area contributed by atoms with Crippen LogP contribution in [0.2, 0.25) is 0 Å². The van der Waals surface area contributed by atoms with Crippen LogP contribution in [0, 0.1) is 0 Å². The van der Waals surface area contributed by atoms with Gasteiger partial charge >= 0.3 is 0 Å². The third-order valence-corrected chi connectivity index (χ3v) is 2.17. The molecule has 2 heterocycles. The van der Waals surface area contributed by atoms with Crippen LogP contribution in [0.25, 0.3) is 0 Å². The average Bonchev–Trinajstić information content (AvgIpc) is 2.58. The molecule has 0 atom stereocenters. The topological polar surface area (TPSA) is 42.7 Å². The Balaban J connectivity index is 0.000000720. The number of hydrogen-bond acceptors (Lipinski definition) is 3. The fraction of sp³-hybridized carbons (Fsp3) is 0.714. The third-order valence-electron chi connectivity index (χ3n) is 2.17. The van der Waals surface area contributed by atoms with Crippen LogP contribution in [-0.2, 0) is 0 Å². The van der Waals surface area contributed by atoms with E-state index in [2.05, 4.69) is 20.1 Å². The Morgan fingerprint density at radius 2 is 1.62 bits per heavy atom. The van der Waals surface area contributed by atoms with E-state index in [9.17, 15) is 0 Å². The first-order valence-electron chi connectivity index (χ1n) is 4.01. The van der Waals surface area contributed by atoms with E-state index in [1.807, 2.05) is 0 Å². The number of nitrogens with one attached hydrogen (secondary N) is 1. The molecule has 0 amide bonds. The summed E-state index contributed by atoms with van der Waals surface area (Å²) in [6, 6.07) is 0.617. The molecule has 2 rings (SSSR count). The minimum atomic E-state index is 0. The summed E-state index contributed by atoms with van der Waals surface area (Å²) in [4.78, 5) is 0. The van der Waals surface area contributed by atoms with Crippen molar-refractivity contribution < 1.29 is 0 Å². The number of hydrogen-bond donors (Lipinski definition) is 1. The molecule has 0 saturated carbocycles. The summed E-state index contributed by atoms with van der Waals surface area (Å²) >= 11 is 0. The maximum absolute atomic E-state index is 3.79. The number of nitrogens with zero attached hydrogens (tertiary/aromatic N) is 3. The van der Waals surface area contributed by atoms with Gasteiger partial charge in [-0.05, 0) is 25.9 Å². The summed E-state index contributed by atoms with van der Waals surface area (Å²) in [6.45, 7) is 2.23. The molecule has 4 nitrogen and oxygen atoms in total. The highest BCUT2D eigenvalue weighted by Gasteiger charge is 2.13. The first-order chi connectivity index (χ1) is 5.47. The van der Waals surface area contributed by atoms with Crippen molar-refractivity contribution in [3.63, 3.8) is 0 Å². The highest BCUT2D eigenvalue weighted by Crippen LogP contribution is 2.16. The van der Waals surface area contributed by atoms with Crippen LogP contribution in [0.15, 0.2) is 12.7 Å². The summed E-state index contributed by atoms with van der Waals surface area (Å²) in [7, 11) is 0. The molecule has 6 heteroatoms. The van der Waals surface area contributed by atoms with Gasteiger partial charge in [0.15, 0.2) is 0 Å². The van der Waals surface area contributed by atoms with Crippen LogP contribution >= 0.6 is 24.8 Å². The van der Waals surface area contributed by atoms with Gasteiger partial charge in [0.2, 0.25) is 0 Å². The minimum Gasteiger partial charge on any atom is -0.317 e. The highest BCUT2D eigenvalue weighted by molar-refractivity contribution is 5.85. The van der Waals surface area contributed by atoms with Crippen molar-refractivity contribution in [2.75, 3.05) is 13.1 Å². The Morgan fingerprint density at radius 3 is 2.15 bits per heavy atom. The Bertz CT molecular complexity index is 208. The lowest BCUT2D eigenvalue weighted by Crippen LogP contribution is -2.28. The molecular weight excluding hydrogens is 211 g/mol. The molecule has 1 aliphatic rings. The summed E-state index contributed by atoms with van der Waals surface area (Å²) in [6.07, 6.45) is 5.99. The van der Waals surface area contributed by atoms with E-state index in [0.29, 0.717) is 6.04 Å². The van der Waals surface area contributed by atoms with E-state index in [4.69, 9.17) is 0 Å². The Labute approximate surface area is 89.9 Å². The highest BCUT2D eigenvalue weighted by atomic mass is 35.5. The van der Waals surface area contributed by atoms with Crippen molar-refractivity contribution in [1.82, 2.24) is 20.1 Å². The molecule has 0 bridgehead atoms. The van der Waals surface area contributed by atoms with E-state index >= 15 is 0 Å². The first-order valence-corrected chi connectivity index (χ1v) is 4.01. The van der Waals surface area contributed by atoms with Crippen LogP contribution in [0.3, 0.4) is 0 Å². The maximum atomic E-state index is 3.79. The number of halogens is 2. The zero-order chi connectivity index (χ0) is 7.52. The third kappa shape index (κ3) is 3.14. The summed E-state index contributed by atoms with van der Waals surface area (Å²) in [5, 5.41) is 10.9. The molecule has 1 aliphatic heterocycles. The number of piperidine rings is 1. The average molecular weight is 225 g/mol. The van der Waals surface area contributed by atoms with E-state index in [0.717, 1.165) is 13.1 Å². The normalized spacial score (nSPS) is 17.2. The molecular formula is C7H14Cl2N4. The van der Waals surface area contributed by atoms with Gasteiger partial charge in [0.05, 0.1) is 0 Å². The zero-order valence-electron chi connectivity index (χ0n) is 7.22. The lowest BCUT2D eigenvalue weighted by atomic mass is 10.1. The molecule has 76 valence electrons. The Kier molecular flexibility index (Phi) is 6.03. The zero-order valence-corrected chi connectivity index (χ0v) is 8.85. The first kappa shape index (κ1) is 12.7. The summed E-state index contributed by atoms with van der Waals surface area (Å²) in [5.41, 5.74) is 0. The van der Waals surface area contributed by atoms with Gasteiger partial charge in [-0.25, -0.2) is 0 Å². The van der Waals surface area contributed by atoms with Gasteiger partial charge in [0, 0.05) is 6.04 Å². The molecule has 1 fully saturated rings. The van der Waals surface area contributed by atoms with Crippen molar-refractivity contribution >= 4 is 24.8 Å². The monoisotopic (exact) mass is 224 g/mol. The molecule has 0 spiro atoms. The van der Waals surface area contributed by atoms with Gasteiger partial charge in [-0.15, -0.1) is 35.0 Å². The second kappa shape index (κ2) is 6.18. The maximum Gasteiger partial charge on any atom is 0.119 e. The van der Waals surface area contributed by atoms with Gasteiger partial charge in [-0.1, -0.05) is 0 Å². The fourth-order valence-electron chi connectivity index (χ4n) is 1.50. The van der Waals surface area contributed by atoms with Crippen molar-refractivity contribution in [3.05, 3.63) is 12.7 Å². The largest absolute Gasteiger partial charge is 0.317 e. The predicted octanol–water partition coefficient (Wildman–Crippen LogP) is 1.05. The lowest BCUT2D eigenvalue weighted by molar-refractivity contribution is 0.367. The lowest BCUT2D eigenvalue weighted by Gasteiger charge is -2.22. The van der Waals surface area contributed by atoms with Crippen molar-refractivity contribution in [1.29, 1.82) is 0 Å². The van der Waals surface area contributed by atoms with E-state index < -0.39 is 0 Å². The molecule has 0 radical (unpaired) electrons. The molecule has 0 unspecified atom stereocenters. The van der Waals surface area contributed by atoms with Gasteiger partial charge in [0.1, 0.15) is 12.7 Å². The Morgan fingerprint density at radius 1 is 1.08 bits per heavy atom. The van der Waals surface area contributed by atoms with Gasteiger partial charge in [-0.2, -0.15) is 0 Å². The van der Waals surface area contributed by atoms with Gasteiger partial charge in [0.25, 0.3) is 0 Å². The van der Waals surface area contributed by atoms with Gasteiger partial charge in [-0.3, -0.25) is 0 Å². The molecule has 0 aliphatic carbocycles. The van der Waals surface area contributed by atoms with Crippen LogP contribution in [-0.4, -0.2) is 27.9 Å². The van der Waals surface area contributed by atoms with Crippen molar-refractivity contribution in [2.45, 2.75) is 18.9 Å². The van der Waals surface area contributed by atoms with Crippen LogP contribution in [0.5, 0.6) is 0 Å². The molecule has 0 aromatic carbocycles. The molecule has 1 aromatic rings. The van der Waals surface area contributed by atoms with Crippen LogP contribution in [0.4, 0.5) is 0 Å². The van der Waals surface area contributed by atoms with E-state index in [-0.39, 0.29) is 24.8 Å². The molecule has 13 heavy (non-hydrogen) atoms. The number of rotatable bonds is 1. The molecule has 1 aromatic heterocycles. The van der Waals surface area contributed by atoms with Gasteiger partial charge < -0.3 is 9.88 Å². The standard InChI is InChI=1S/C7H12N4.2ClH/c1-3-8-4-2-7(1)11-5-9-10-6-11;;/h5-8H,1-4H2;2*1H. The second-order valence-corrected chi connectivity index (χ2v) is 2.89. The predicted molar refractivity (Wildman–Crippen MR) is 55.7 cm³/mol. The molecule has 1 saturated heterocycles. The van der Waals surface area contributed by atoms with Crippen molar-refractivity contribution in [2.24, 2.45) is 0 Å². The quantitative estimate of drug-likeness (QED) is 0.776. The van der Waals surface area contributed by atoms with Crippen LogP contribution < -0.4 is 5.32 Å². The smallest absolute Gasteiger partial charge is 0.119 e. The summed E-state index contributed by atoms with van der Waals surface area (Å²) < 4.78 is 2.10. The molecule has 1 N–H and O–H groups in total. The van der Waals surface area contributed by atoms with E-state index in [1.54, 1.807) is 12.7 Å². The summed E-state index contributed by atoms with van der Waals surface area (Å²) in [5.74, 6) is 0. The SMILES string of the molecule is Cl.Cl.c1nncn1C1CCNCC1. The van der Waals surface area contributed by atoms with Crippen LogP contribution in [0.1, 0.15) is 18.9 Å². The second-order valence-electron chi connectivity index (χ2n) is 2.89. The minimum absolute atomic E-state index is 0. The number of aromatic nitrogens is 3. The van der Waals surface area contributed by atoms with Crippen molar-refractivity contribution in [3.8, 4) is 0 Å².